The predicted molar refractivity (Wildman–Crippen MR) is 81.6 cm³/mol. The predicted octanol–water partition coefficient (Wildman–Crippen LogP) is 0.655. The summed E-state index contributed by atoms with van der Waals surface area (Å²) in [5, 5.41) is 24.5. The first kappa shape index (κ1) is 23.3. The smallest absolute Gasteiger partial charge is 0.327 e. The van der Waals surface area contributed by atoms with Crippen molar-refractivity contribution in [1.29, 1.82) is 0 Å². The average Bonchev–Trinajstić information content (AvgIpc) is 2.54. The van der Waals surface area contributed by atoms with Crippen molar-refractivity contribution in [1.82, 2.24) is 0 Å². The van der Waals surface area contributed by atoms with Gasteiger partial charge in [-0.3, -0.25) is 9.59 Å². The Hall–Kier alpha value is -1.93. The minimum Gasteiger partial charge on any atom is -0.478 e. The van der Waals surface area contributed by atoms with E-state index >= 15 is 0 Å². The minimum absolute atomic E-state index is 0.0196. The van der Waals surface area contributed by atoms with Crippen molar-refractivity contribution in [3.63, 3.8) is 0 Å². The largest absolute Gasteiger partial charge is 0.478 e. The summed E-state index contributed by atoms with van der Waals surface area (Å²) < 4.78 is 9.58. The SMILES string of the molecule is C=CC(=O)O.O=C(CCCCC(=O)OCCCCO)OCCO. The summed E-state index contributed by atoms with van der Waals surface area (Å²) >= 11 is 0. The number of unbranched alkanes of at least 4 members (excludes halogenated alkanes) is 2. The number of aliphatic hydroxyl groups is 2. The van der Waals surface area contributed by atoms with Crippen molar-refractivity contribution in [2.24, 2.45) is 0 Å². The molecule has 0 amide bonds. The first-order valence-electron chi connectivity index (χ1n) is 7.36. The molecule has 0 aromatic carbocycles. The lowest BCUT2D eigenvalue weighted by Gasteiger charge is -2.04. The van der Waals surface area contributed by atoms with Gasteiger partial charge >= 0.3 is 17.9 Å². The van der Waals surface area contributed by atoms with Crippen LogP contribution in [-0.4, -0.2) is 59.7 Å². The van der Waals surface area contributed by atoms with Crippen LogP contribution in [0.4, 0.5) is 0 Å². The molecule has 0 aromatic rings. The second-order valence-electron chi connectivity index (χ2n) is 4.34. The number of hydrogen-bond donors (Lipinski definition) is 3. The molecule has 0 saturated heterocycles. The Bertz CT molecular complexity index is 340. The van der Waals surface area contributed by atoms with Crippen molar-refractivity contribution in [2.75, 3.05) is 26.4 Å². The fourth-order valence-electron chi connectivity index (χ4n) is 1.24. The molecule has 0 aromatic heterocycles. The summed E-state index contributed by atoms with van der Waals surface area (Å²) in [5.41, 5.74) is 0. The van der Waals surface area contributed by atoms with Gasteiger partial charge < -0.3 is 24.8 Å². The molecule has 0 atom stereocenters. The number of hydrogen-bond acceptors (Lipinski definition) is 7. The molecule has 0 rings (SSSR count). The molecule has 8 nitrogen and oxygen atoms in total. The first-order valence-corrected chi connectivity index (χ1v) is 7.36. The lowest BCUT2D eigenvalue weighted by molar-refractivity contribution is -0.146. The zero-order valence-corrected chi connectivity index (χ0v) is 13.2. The van der Waals surface area contributed by atoms with Crippen LogP contribution < -0.4 is 0 Å². The topological polar surface area (TPSA) is 130 Å². The summed E-state index contributed by atoms with van der Waals surface area (Å²) in [6.45, 7) is 3.24. The first-order chi connectivity index (χ1) is 11.0. The van der Waals surface area contributed by atoms with Crippen LogP contribution in [0, 0.1) is 0 Å². The van der Waals surface area contributed by atoms with E-state index in [1.54, 1.807) is 0 Å². The number of rotatable bonds is 12. The van der Waals surface area contributed by atoms with Gasteiger partial charge in [-0.15, -0.1) is 0 Å². The number of aliphatic carboxylic acids is 1. The Morgan fingerprint density at radius 1 is 0.826 bits per heavy atom. The lowest BCUT2D eigenvalue weighted by Crippen LogP contribution is -2.09. The van der Waals surface area contributed by atoms with Gasteiger partial charge in [0.25, 0.3) is 0 Å². The lowest BCUT2D eigenvalue weighted by atomic mass is 10.2. The molecule has 0 heterocycles. The molecule has 0 bridgehead atoms. The average molecular weight is 334 g/mol. The Kier molecular flexibility index (Phi) is 18.4. The van der Waals surface area contributed by atoms with E-state index < -0.39 is 5.97 Å². The number of carboxylic acids is 1. The monoisotopic (exact) mass is 334 g/mol. The van der Waals surface area contributed by atoms with Crippen LogP contribution in [0.5, 0.6) is 0 Å². The maximum atomic E-state index is 11.2. The zero-order valence-electron chi connectivity index (χ0n) is 13.2. The van der Waals surface area contributed by atoms with Gasteiger partial charge in [0.2, 0.25) is 0 Å². The maximum Gasteiger partial charge on any atom is 0.327 e. The number of carboxylic acid groups (broad SMARTS) is 1. The minimum atomic E-state index is -0.981. The Balaban J connectivity index is 0. The van der Waals surface area contributed by atoms with E-state index in [2.05, 4.69) is 11.3 Å². The van der Waals surface area contributed by atoms with E-state index in [4.69, 9.17) is 20.1 Å². The quantitative estimate of drug-likeness (QED) is 0.269. The van der Waals surface area contributed by atoms with Crippen molar-refractivity contribution in [2.45, 2.75) is 38.5 Å². The van der Waals surface area contributed by atoms with Crippen LogP contribution in [0.3, 0.4) is 0 Å². The number of esters is 2. The molecule has 3 N–H and O–H groups in total. The zero-order chi connectivity index (χ0) is 17.9. The highest BCUT2D eigenvalue weighted by Gasteiger charge is 2.05. The van der Waals surface area contributed by atoms with Gasteiger partial charge in [-0.1, -0.05) is 6.58 Å². The fraction of sp³-hybridized carbons (Fsp3) is 0.667. The standard InChI is InChI=1S/C12H22O6.C3H4O2/c13-7-3-4-9-17-11(15)5-1-2-6-12(16)18-10-8-14;1-2-3(4)5/h13-14H,1-10H2;2H,1H2,(H,4,5). The van der Waals surface area contributed by atoms with Gasteiger partial charge in [-0.25, -0.2) is 4.79 Å². The van der Waals surface area contributed by atoms with Gasteiger partial charge in [-0.2, -0.15) is 0 Å². The van der Waals surface area contributed by atoms with E-state index in [9.17, 15) is 14.4 Å². The molecule has 0 spiro atoms. The Morgan fingerprint density at radius 2 is 1.30 bits per heavy atom. The molecule has 0 aliphatic rings. The molecule has 0 saturated carbocycles. The molecule has 0 aliphatic carbocycles. The van der Waals surface area contributed by atoms with E-state index in [1.807, 2.05) is 0 Å². The van der Waals surface area contributed by atoms with Gasteiger partial charge in [-0.05, 0) is 25.7 Å². The third-order valence-electron chi connectivity index (χ3n) is 2.36. The summed E-state index contributed by atoms with van der Waals surface area (Å²) in [6, 6.07) is 0. The molecule has 0 aliphatic heterocycles. The van der Waals surface area contributed by atoms with E-state index in [0.29, 0.717) is 32.3 Å². The van der Waals surface area contributed by atoms with Crippen molar-refractivity contribution in [3.8, 4) is 0 Å². The molecule has 0 unspecified atom stereocenters. The fourth-order valence-corrected chi connectivity index (χ4v) is 1.24. The number of aliphatic hydroxyl groups excluding tert-OH is 2. The third-order valence-corrected chi connectivity index (χ3v) is 2.36. The summed E-state index contributed by atoms with van der Waals surface area (Å²) in [5.74, 6) is -1.62. The van der Waals surface area contributed by atoms with E-state index in [0.717, 1.165) is 6.08 Å². The van der Waals surface area contributed by atoms with Crippen molar-refractivity contribution < 1.29 is 39.2 Å². The van der Waals surface area contributed by atoms with Crippen LogP contribution in [-0.2, 0) is 23.9 Å². The second kappa shape index (κ2) is 18.1. The van der Waals surface area contributed by atoms with Crippen LogP contribution in [0.1, 0.15) is 38.5 Å². The van der Waals surface area contributed by atoms with Gasteiger partial charge in [0.05, 0.1) is 13.2 Å². The molecule has 23 heavy (non-hydrogen) atoms. The highest BCUT2D eigenvalue weighted by molar-refractivity contribution is 5.78. The normalized spacial score (nSPS) is 9.30. The summed E-state index contributed by atoms with van der Waals surface area (Å²) in [7, 11) is 0. The molecular weight excluding hydrogens is 308 g/mol. The van der Waals surface area contributed by atoms with E-state index in [-0.39, 0.29) is 44.6 Å². The van der Waals surface area contributed by atoms with Crippen LogP contribution in [0.2, 0.25) is 0 Å². The number of carbonyl (C=O) groups excluding carboxylic acids is 2. The van der Waals surface area contributed by atoms with E-state index in [1.165, 1.54) is 0 Å². The number of ether oxygens (including phenoxy) is 2. The molecule has 0 radical (unpaired) electrons. The maximum absolute atomic E-state index is 11.2. The van der Waals surface area contributed by atoms with Gasteiger partial charge in [0.1, 0.15) is 6.61 Å². The van der Waals surface area contributed by atoms with Crippen molar-refractivity contribution >= 4 is 17.9 Å². The molecule has 134 valence electrons. The Morgan fingerprint density at radius 3 is 1.70 bits per heavy atom. The molecular formula is C15H26O8. The second-order valence-corrected chi connectivity index (χ2v) is 4.34. The Labute approximate surface area is 135 Å². The number of carbonyl (C=O) groups is 3. The third kappa shape index (κ3) is 22.5. The van der Waals surface area contributed by atoms with Crippen LogP contribution in [0.25, 0.3) is 0 Å². The highest BCUT2D eigenvalue weighted by Crippen LogP contribution is 2.03. The van der Waals surface area contributed by atoms with Gasteiger partial charge in [0.15, 0.2) is 0 Å². The van der Waals surface area contributed by atoms with Crippen LogP contribution in [0.15, 0.2) is 12.7 Å². The summed E-state index contributed by atoms with van der Waals surface area (Å²) in [4.78, 5) is 31.5. The molecule has 8 heteroatoms. The summed E-state index contributed by atoms with van der Waals surface area (Å²) in [6.07, 6.45) is 3.80. The van der Waals surface area contributed by atoms with Crippen LogP contribution >= 0.6 is 0 Å². The highest BCUT2D eigenvalue weighted by atomic mass is 16.5. The molecule has 0 fully saturated rings. The van der Waals surface area contributed by atoms with Crippen molar-refractivity contribution in [3.05, 3.63) is 12.7 Å². The van der Waals surface area contributed by atoms with Gasteiger partial charge in [0, 0.05) is 25.5 Å².